The van der Waals surface area contributed by atoms with Gasteiger partial charge in [0.15, 0.2) is 0 Å². The maximum atomic E-state index is 10.4. The van der Waals surface area contributed by atoms with Gasteiger partial charge in [-0.1, -0.05) is 0 Å². The third kappa shape index (κ3) is 0.816. The molecule has 0 fully saturated rings. The van der Waals surface area contributed by atoms with Crippen molar-refractivity contribution in [2.24, 2.45) is 0 Å². The smallest absolute Gasteiger partial charge is 0.235 e. The summed E-state index contributed by atoms with van der Waals surface area (Å²) in [6.45, 7) is 0. The van der Waals surface area contributed by atoms with Gasteiger partial charge in [-0.25, -0.2) is 4.52 Å². The van der Waals surface area contributed by atoms with Gasteiger partial charge in [0.25, 0.3) is 0 Å². The molecule has 0 aliphatic heterocycles. The Morgan fingerprint density at radius 3 is 3.18 bits per heavy atom. The first-order chi connectivity index (χ1) is 5.42. The summed E-state index contributed by atoms with van der Waals surface area (Å²) in [7, 11) is 0. The minimum absolute atomic E-state index is 0.546. The first-order valence-corrected chi connectivity index (χ1v) is 3.22. The van der Waals surface area contributed by atoms with Crippen molar-refractivity contribution in [3.05, 3.63) is 36.2 Å². The molecule has 2 rings (SSSR count). The Morgan fingerprint density at radius 1 is 1.45 bits per heavy atom. The second-order valence-electron chi connectivity index (χ2n) is 2.18. The van der Waals surface area contributed by atoms with E-state index in [1.54, 1.807) is 35.1 Å². The van der Waals surface area contributed by atoms with Crippen LogP contribution in [0.1, 0.15) is 5.56 Å². The Morgan fingerprint density at radius 2 is 2.36 bits per heavy atom. The van der Waals surface area contributed by atoms with E-state index in [0.717, 1.165) is 5.52 Å². The Kier molecular flexibility index (Phi) is 1.22. The van der Waals surface area contributed by atoms with Crippen molar-refractivity contribution in [1.29, 1.82) is 0 Å². The van der Waals surface area contributed by atoms with E-state index in [-0.39, 0.29) is 0 Å². The molecule has 2 aromatic heterocycles. The predicted octanol–water partition coefficient (Wildman–Crippen LogP) is 0.792. The predicted molar refractivity (Wildman–Crippen MR) is 40.0 cm³/mol. The lowest BCUT2D eigenvalue weighted by Crippen LogP contribution is -1.89. The van der Waals surface area contributed by atoms with Crippen LogP contribution in [-0.2, 0) is 4.79 Å². The molecule has 2 aromatic rings. The van der Waals surface area contributed by atoms with E-state index in [9.17, 15) is 4.79 Å². The van der Waals surface area contributed by atoms with E-state index in [2.05, 4.69) is 5.10 Å². The Balaban J connectivity index is 2.88. The van der Waals surface area contributed by atoms with Crippen LogP contribution >= 0.6 is 0 Å². The minimum Gasteiger partial charge on any atom is -0.285 e. The van der Waals surface area contributed by atoms with E-state index in [1.165, 1.54) is 0 Å². The van der Waals surface area contributed by atoms with Crippen LogP contribution in [0.3, 0.4) is 0 Å². The van der Waals surface area contributed by atoms with Crippen molar-refractivity contribution < 1.29 is 4.79 Å². The highest BCUT2D eigenvalue weighted by Gasteiger charge is 1.98. The summed E-state index contributed by atoms with van der Waals surface area (Å²) in [5.41, 5.74) is 1.34. The molecule has 0 saturated carbocycles. The van der Waals surface area contributed by atoms with Crippen molar-refractivity contribution in [3.63, 3.8) is 0 Å². The molecule has 0 aromatic carbocycles. The SMILES string of the molecule is O=[C]c1cccn2nccc12. The highest BCUT2D eigenvalue weighted by atomic mass is 16.1. The van der Waals surface area contributed by atoms with Crippen LogP contribution in [0.2, 0.25) is 0 Å². The third-order valence-electron chi connectivity index (χ3n) is 1.55. The van der Waals surface area contributed by atoms with Gasteiger partial charge in [-0.15, -0.1) is 0 Å². The minimum atomic E-state index is 0.546. The number of hydrogen-bond donors (Lipinski definition) is 0. The number of rotatable bonds is 1. The largest absolute Gasteiger partial charge is 0.285 e. The van der Waals surface area contributed by atoms with Crippen LogP contribution in [0, 0.1) is 0 Å². The normalized spacial score (nSPS) is 10.2. The first-order valence-electron chi connectivity index (χ1n) is 3.22. The molecule has 3 nitrogen and oxygen atoms in total. The number of nitrogens with zero attached hydrogens (tertiary/aromatic N) is 2. The molecular formula is C8H5N2O. The summed E-state index contributed by atoms with van der Waals surface area (Å²) in [6, 6.07) is 5.25. The highest BCUT2D eigenvalue weighted by Crippen LogP contribution is 2.05. The number of carbonyl (C=O) groups excluding carboxylic acids is 1. The zero-order valence-corrected chi connectivity index (χ0v) is 5.69. The maximum Gasteiger partial charge on any atom is 0.235 e. The Hall–Kier alpha value is -1.64. The maximum absolute atomic E-state index is 10.4. The Bertz CT molecular complexity index is 392. The van der Waals surface area contributed by atoms with Crippen LogP contribution in [0.4, 0.5) is 0 Å². The molecule has 3 heteroatoms. The summed E-state index contributed by atoms with van der Waals surface area (Å²) >= 11 is 0. The van der Waals surface area contributed by atoms with E-state index in [0.29, 0.717) is 5.56 Å². The average molecular weight is 145 g/mol. The van der Waals surface area contributed by atoms with Gasteiger partial charge in [0, 0.05) is 6.20 Å². The average Bonchev–Trinajstić information content (AvgIpc) is 2.50. The topological polar surface area (TPSA) is 34.4 Å². The third-order valence-corrected chi connectivity index (χ3v) is 1.55. The fourth-order valence-corrected chi connectivity index (χ4v) is 1.04. The summed E-state index contributed by atoms with van der Waals surface area (Å²) in [6.07, 6.45) is 5.28. The van der Waals surface area contributed by atoms with Crippen LogP contribution in [0.5, 0.6) is 0 Å². The molecular weight excluding hydrogens is 140 g/mol. The lowest BCUT2D eigenvalue weighted by atomic mass is 10.2. The van der Waals surface area contributed by atoms with Crippen LogP contribution in [0.25, 0.3) is 5.52 Å². The number of aromatic nitrogens is 2. The zero-order chi connectivity index (χ0) is 7.68. The fourth-order valence-electron chi connectivity index (χ4n) is 1.04. The monoisotopic (exact) mass is 145 g/mol. The van der Waals surface area contributed by atoms with E-state index < -0.39 is 0 Å². The second-order valence-corrected chi connectivity index (χ2v) is 2.18. The number of pyridine rings is 1. The summed E-state index contributed by atoms with van der Waals surface area (Å²) < 4.78 is 1.64. The molecule has 1 radical (unpaired) electrons. The molecule has 0 aliphatic carbocycles. The van der Waals surface area contributed by atoms with Gasteiger partial charge in [0.1, 0.15) is 0 Å². The molecule has 53 valence electrons. The molecule has 0 amide bonds. The van der Waals surface area contributed by atoms with Crippen molar-refractivity contribution in [1.82, 2.24) is 9.61 Å². The molecule has 0 spiro atoms. The molecule has 11 heavy (non-hydrogen) atoms. The first kappa shape index (κ1) is 6.09. The lowest BCUT2D eigenvalue weighted by molar-refractivity contribution is 0.563. The van der Waals surface area contributed by atoms with Gasteiger partial charge in [-0.3, -0.25) is 4.79 Å². The fraction of sp³-hybridized carbons (Fsp3) is 0. The molecule has 0 saturated heterocycles. The zero-order valence-electron chi connectivity index (χ0n) is 5.69. The van der Waals surface area contributed by atoms with Crippen molar-refractivity contribution in [3.8, 4) is 0 Å². The van der Waals surface area contributed by atoms with Crippen LogP contribution in [-0.4, -0.2) is 15.9 Å². The molecule has 2 heterocycles. The van der Waals surface area contributed by atoms with Gasteiger partial charge in [0.05, 0.1) is 17.3 Å². The van der Waals surface area contributed by atoms with Crippen LogP contribution < -0.4 is 0 Å². The quantitative estimate of drug-likeness (QED) is 0.594. The van der Waals surface area contributed by atoms with E-state index >= 15 is 0 Å². The van der Waals surface area contributed by atoms with E-state index in [4.69, 9.17) is 0 Å². The van der Waals surface area contributed by atoms with Crippen molar-refractivity contribution in [2.45, 2.75) is 0 Å². The number of hydrogen-bond acceptors (Lipinski definition) is 2. The van der Waals surface area contributed by atoms with Crippen LogP contribution in [0.15, 0.2) is 30.6 Å². The Labute approximate surface area is 63.3 Å². The van der Waals surface area contributed by atoms with Crippen molar-refractivity contribution in [2.75, 3.05) is 0 Å². The van der Waals surface area contributed by atoms with Gasteiger partial charge < -0.3 is 0 Å². The van der Waals surface area contributed by atoms with Crippen molar-refractivity contribution >= 4 is 11.8 Å². The van der Waals surface area contributed by atoms with Gasteiger partial charge in [-0.2, -0.15) is 5.10 Å². The summed E-state index contributed by atoms with van der Waals surface area (Å²) in [5.74, 6) is 0. The molecule has 0 aliphatic rings. The van der Waals surface area contributed by atoms with Gasteiger partial charge in [-0.05, 0) is 18.2 Å². The highest BCUT2D eigenvalue weighted by molar-refractivity contribution is 5.85. The molecule has 0 bridgehead atoms. The standard InChI is InChI=1S/C8H5N2O/c11-6-7-2-1-5-10-8(7)3-4-9-10/h1-5H. The lowest BCUT2D eigenvalue weighted by Gasteiger charge is -1.92. The second kappa shape index (κ2) is 2.20. The molecule has 0 unspecified atom stereocenters. The number of fused-ring (bicyclic) bond motifs is 1. The van der Waals surface area contributed by atoms with Gasteiger partial charge in [0.2, 0.25) is 6.29 Å². The summed E-state index contributed by atoms with van der Waals surface area (Å²) in [4.78, 5) is 10.4. The molecule has 0 N–H and O–H groups in total. The molecule has 0 atom stereocenters. The summed E-state index contributed by atoms with van der Waals surface area (Å²) in [5, 5.41) is 3.97. The van der Waals surface area contributed by atoms with Gasteiger partial charge >= 0.3 is 0 Å². The van der Waals surface area contributed by atoms with E-state index in [1.807, 2.05) is 6.29 Å².